The number of rotatable bonds is 10. The minimum absolute atomic E-state index is 0.0275. The lowest BCUT2D eigenvalue weighted by Gasteiger charge is -2.41. The fourth-order valence-corrected chi connectivity index (χ4v) is 7.28. The minimum Gasteiger partial charge on any atom is -0.454 e. The van der Waals surface area contributed by atoms with Crippen molar-refractivity contribution in [3.63, 3.8) is 0 Å². The van der Waals surface area contributed by atoms with Gasteiger partial charge in [0.15, 0.2) is 5.75 Å². The minimum atomic E-state index is -3.96. The maximum Gasteiger partial charge on any atom is 0.262 e. The molecule has 1 amide bonds. The number of hydrogen-bond donors (Lipinski definition) is 2. The molecule has 230 valence electrons. The van der Waals surface area contributed by atoms with Gasteiger partial charge in [-0.3, -0.25) is 9.52 Å². The van der Waals surface area contributed by atoms with Gasteiger partial charge in [-0.15, -0.1) is 0 Å². The number of anilines is 1. The summed E-state index contributed by atoms with van der Waals surface area (Å²) in [5.74, 6) is 1.02. The molecule has 0 unspecified atom stereocenters. The molecule has 2 heterocycles. The second-order valence-corrected chi connectivity index (χ2v) is 13.9. The van der Waals surface area contributed by atoms with Gasteiger partial charge in [0.2, 0.25) is 0 Å². The summed E-state index contributed by atoms with van der Waals surface area (Å²) in [7, 11) is -1.76. The molecule has 2 aliphatic heterocycles. The van der Waals surface area contributed by atoms with Crippen molar-refractivity contribution in [3.8, 4) is 11.5 Å². The van der Waals surface area contributed by atoms with Crippen LogP contribution in [0.2, 0.25) is 10.0 Å². The predicted molar refractivity (Wildman–Crippen MR) is 172 cm³/mol. The third kappa shape index (κ3) is 8.42. The molecule has 3 aromatic carbocycles. The zero-order chi connectivity index (χ0) is 30.4. The van der Waals surface area contributed by atoms with E-state index in [-0.39, 0.29) is 22.2 Å². The van der Waals surface area contributed by atoms with Crippen LogP contribution in [0.15, 0.2) is 71.6 Å². The van der Waals surface area contributed by atoms with Crippen LogP contribution in [0.3, 0.4) is 0 Å². The SMILES string of the molecule is CN1CCC(N2CCC(CCNC(=O)c3ccc(S(=O)(=O)Nc4ccccc4Oc4ccc(Cl)cc4Cl)cc3)CC2)CC1. The van der Waals surface area contributed by atoms with E-state index in [1.54, 1.807) is 42.5 Å². The Balaban J connectivity index is 1.11. The molecule has 2 saturated heterocycles. The van der Waals surface area contributed by atoms with Crippen LogP contribution in [0.5, 0.6) is 11.5 Å². The Hall–Kier alpha value is -2.82. The van der Waals surface area contributed by atoms with E-state index in [1.165, 1.54) is 63.0 Å². The summed E-state index contributed by atoms with van der Waals surface area (Å²) in [6.45, 7) is 5.26. The van der Waals surface area contributed by atoms with E-state index in [0.717, 1.165) is 25.6 Å². The van der Waals surface area contributed by atoms with Gasteiger partial charge in [-0.05, 0) is 126 Å². The average Bonchev–Trinajstić information content (AvgIpc) is 3.00. The van der Waals surface area contributed by atoms with E-state index in [2.05, 4.69) is 26.9 Å². The summed E-state index contributed by atoms with van der Waals surface area (Å²) in [6, 6.07) is 18.1. The zero-order valence-electron chi connectivity index (χ0n) is 24.3. The Morgan fingerprint density at radius 2 is 1.60 bits per heavy atom. The quantitative estimate of drug-likeness (QED) is 0.261. The monoisotopic (exact) mass is 644 g/mol. The fourth-order valence-electron chi connectivity index (χ4n) is 5.76. The first-order valence-electron chi connectivity index (χ1n) is 14.7. The number of amides is 1. The van der Waals surface area contributed by atoms with E-state index in [9.17, 15) is 13.2 Å². The lowest BCUT2D eigenvalue weighted by atomic mass is 9.91. The second-order valence-electron chi connectivity index (χ2n) is 11.4. The van der Waals surface area contributed by atoms with Crippen LogP contribution in [-0.4, -0.2) is 69.9 Å². The number of carbonyl (C=O) groups is 1. The highest BCUT2D eigenvalue weighted by atomic mass is 35.5. The highest BCUT2D eigenvalue weighted by Gasteiger charge is 2.27. The number of hydrogen-bond acceptors (Lipinski definition) is 6. The zero-order valence-corrected chi connectivity index (χ0v) is 26.6. The molecule has 0 atom stereocenters. The molecule has 43 heavy (non-hydrogen) atoms. The van der Waals surface area contributed by atoms with Gasteiger partial charge in [0.05, 0.1) is 15.6 Å². The molecule has 0 radical (unpaired) electrons. The summed E-state index contributed by atoms with van der Waals surface area (Å²) in [6.07, 6.45) is 5.81. The van der Waals surface area contributed by atoms with Crippen molar-refractivity contribution in [1.29, 1.82) is 0 Å². The van der Waals surface area contributed by atoms with E-state index in [1.807, 2.05) is 0 Å². The van der Waals surface area contributed by atoms with Gasteiger partial charge in [0.25, 0.3) is 15.9 Å². The van der Waals surface area contributed by atoms with Gasteiger partial charge in [-0.2, -0.15) is 0 Å². The lowest BCUT2D eigenvalue weighted by molar-refractivity contribution is 0.0827. The van der Waals surface area contributed by atoms with Crippen molar-refractivity contribution in [3.05, 3.63) is 82.3 Å². The van der Waals surface area contributed by atoms with Gasteiger partial charge in [0, 0.05) is 23.2 Å². The van der Waals surface area contributed by atoms with Crippen molar-refractivity contribution >= 4 is 44.8 Å². The van der Waals surface area contributed by atoms with Gasteiger partial charge < -0.3 is 19.9 Å². The van der Waals surface area contributed by atoms with Crippen LogP contribution in [-0.2, 0) is 10.0 Å². The smallest absolute Gasteiger partial charge is 0.262 e. The standard InChI is InChI=1S/C32H38Cl2N4O4S/c1-37-18-15-26(16-19-37)38-20-13-23(14-21-38)12-17-35-32(39)24-6-9-27(10-7-24)43(40,41)36-29-4-2-3-5-31(29)42-30-11-8-25(33)22-28(30)34/h2-11,22-23,26,36H,12-21H2,1H3,(H,35,39). The van der Waals surface area contributed by atoms with Crippen LogP contribution in [0.4, 0.5) is 5.69 Å². The molecule has 0 aliphatic carbocycles. The first-order chi connectivity index (χ1) is 20.7. The van der Waals surface area contributed by atoms with Crippen molar-refractivity contribution in [2.75, 3.05) is 44.5 Å². The van der Waals surface area contributed by atoms with Crippen LogP contribution in [0.1, 0.15) is 42.5 Å². The summed E-state index contributed by atoms with van der Waals surface area (Å²) in [4.78, 5) is 17.9. The third-order valence-electron chi connectivity index (χ3n) is 8.36. The normalized spacial score (nSPS) is 17.5. The van der Waals surface area contributed by atoms with Crippen LogP contribution >= 0.6 is 23.2 Å². The number of nitrogens with one attached hydrogen (secondary N) is 2. The molecule has 11 heteroatoms. The Bertz CT molecular complexity index is 1500. The number of sulfonamides is 1. The molecule has 0 spiro atoms. The molecule has 0 bridgehead atoms. The molecule has 2 fully saturated rings. The van der Waals surface area contributed by atoms with Crippen molar-refractivity contribution in [1.82, 2.24) is 15.1 Å². The number of ether oxygens (including phenoxy) is 1. The van der Waals surface area contributed by atoms with Crippen molar-refractivity contribution in [2.24, 2.45) is 5.92 Å². The van der Waals surface area contributed by atoms with Gasteiger partial charge in [0.1, 0.15) is 5.75 Å². The molecule has 5 rings (SSSR count). The number of benzene rings is 3. The number of nitrogens with zero attached hydrogens (tertiary/aromatic N) is 2. The van der Waals surface area contributed by atoms with Gasteiger partial charge >= 0.3 is 0 Å². The van der Waals surface area contributed by atoms with Crippen molar-refractivity contribution in [2.45, 2.75) is 43.0 Å². The third-order valence-corrected chi connectivity index (χ3v) is 10.3. The molecule has 0 saturated carbocycles. The van der Waals surface area contributed by atoms with E-state index in [0.29, 0.717) is 33.8 Å². The molecule has 2 N–H and O–H groups in total. The summed E-state index contributed by atoms with van der Waals surface area (Å²) in [5, 5.41) is 3.76. The maximum atomic E-state index is 13.2. The van der Waals surface area contributed by atoms with Crippen LogP contribution in [0, 0.1) is 5.92 Å². The summed E-state index contributed by atoms with van der Waals surface area (Å²) in [5.41, 5.74) is 0.657. The topological polar surface area (TPSA) is 91.0 Å². The summed E-state index contributed by atoms with van der Waals surface area (Å²) >= 11 is 12.2. The van der Waals surface area contributed by atoms with Crippen LogP contribution in [0.25, 0.3) is 0 Å². The molecular formula is C32H38Cl2N4O4S. The van der Waals surface area contributed by atoms with Gasteiger partial charge in [-0.25, -0.2) is 8.42 Å². The molecule has 2 aliphatic rings. The second kappa shape index (κ2) is 14.3. The van der Waals surface area contributed by atoms with Crippen LogP contribution < -0.4 is 14.8 Å². The first kappa shape index (κ1) is 31.6. The van der Waals surface area contributed by atoms with Gasteiger partial charge in [-0.1, -0.05) is 35.3 Å². The van der Waals surface area contributed by atoms with E-state index < -0.39 is 10.0 Å². The Morgan fingerprint density at radius 1 is 0.907 bits per heavy atom. The summed E-state index contributed by atoms with van der Waals surface area (Å²) < 4.78 is 34.8. The highest BCUT2D eigenvalue weighted by molar-refractivity contribution is 7.92. The Morgan fingerprint density at radius 3 is 2.30 bits per heavy atom. The maximum absolute atomic E-state index is 13.2. The molecule has 8 nitrogen and oxygen atoms in total. The number of carbonyl (C=O) groups excluding carboxylic acids is 1. The van der Waals surface area contributed by atoms with Crippen molar-refractivity contribution < 1.29 is 17.9 Å². The molecular weight excluding hydrogens is 607 g/mol. The lowest BCUT2D eigenvalue weighted by Crippen LogP contribution is -2.47. The Kier molecular flexibility index (Phi) is 10.5. The average molecular weight is 646 g/mol. The number of para-hydroxylation sites is 2. The highest BCUT2D eigenvalue weighted by Crippen LogP contribution is 2.36. The first-order valence-corrected chi connectivity index (χ1v) is 17.0. The Labute approximate surface area is 264 Å². The molecule has 0 aromatic heterocycles. The number of halogens is 2. The largest absolute Gasteiger partial charge is 0.454 e. The predicted octanol–water partition coefficient (Wildman–Crippen LogP) is 6.51. The van der Waals surface area contributed by atoms with E-state index >= 15 is 0 Å². The fraction of sp³-hybridized carbons (Fsp3) is 0.406. The van der Waals surface area contributed by atoms with E-state index in [4.69, 9.17) is 27.9 Å². The number of piperidine rings is 2. The molecule has 3 aromatic rings. The number of likely N-dealkylation sites (tertiary alicyclic amines) is 2.